The molecule has 0 amide bonds. The third kappa shape index (κ3) is 1.48. The minimum Gasteiger partial charge on any atom is -0.437 e. The van der Waals surface area contributed by atoms with E-state index in [9.17, 15) is 4.79 Å². The predicted molar refractivity (Wildman–Crippen MR) is 40.6 cm³/mol. The second kappa shape index (κ2) is 2.86. The Labute approximate surface area is 65.4 Å². The molecule has 0 unspecified atom stereocenters. The van der Waals surface area contributed by atoms with Crippen molar-refractivity contribution in [2.45, 2.75) is 27.2 Å². The van der Waals surface area contributed by atoms with Gasteiger partial charge in [-0.1, -0.05) is 6.92 Å². The third-order valence-corrected chi connectivity index (χ3v) is 1.46. The molecule has 1 rings (SSSR count). The van der Waals surface area contributed by atoms with E-state index in [1.54, 1.807) is 6.92 Å². The zero-order chi connectivity index (χ0) is 8.43. The molecule has 0 radical (unpaired) electrons. The van der Waals surface area contributed by atoms with Gasteiger partial charge in [0.05, 0.1) is 5.69 Å². The largest absolute Gasteiger partial charge is 0.437 e. The molecule has 0 saturated heterocycles. The summed E-state index contributed by atoms with van der Waals surface area (Å²) in [6, 6.07) is 0. The number of oxazole rings is 1. The molecule has 3 nitrogen and oxygen atoms in total. The van der Waals surface area contributed by atoms with Crippen LogP contribution in [0.3, 0.4) is 0 Å². The van der Waals surface area contributed by atoms with Gasteiger partial charge in [0.25, 0.3) is 0 Å². The number of hydrogen-bond donors (Lipinski definition) is 0. The minimum atomic E-state index is -0.0605. The van der Waals surface area contributed by atoms with E-state index in [2.05, 4.69) is 4.98 Å². The summed E-state index contributed by atoms with van der Waals surface area (Å²) >= 11 is 0. The van der Waals surface area contributed by atoms with Crippen molar-refractivity contribution in [1.29, 1.82) is 0 Å². The normalized spacial score (nSPS) is 10.1. The van der Waals surface area contributed by atoms with Crippen LogP contribution < -0.4 is 0 Å². The average molecular weight is 153 g/mol. The summed E-state index contributed by atoms with van der Waals surface area (Å²) in [6.07, 6.45) is 0.730. The Morgan fingerprint density at radius 1 is 1.64 bits per heavy atom. The van der Waals surface area contributed by atoms with E-state index < -0.39 is 0 Å². The minimum absolute atomic E-state index is 0.0605. The number of aryl methyl sites for hydroxylation is 2. The number of aromatic nitrogens is 1. The van der Waals surface area contributed by atoms with Gasteiger partial charge < -0.3 is 4.42 Å². The molecule has 0 atom stereocenters. The first kappa shape index (κ1) is 7.98. The number of nitrogens with zero attached hydrogens (tertiary/aromatic N) is 1. The van der Waals surface area contributed by atoms with Gasteiger partial charge in [0.2, 0.25) is 0 Å². The molecule has 60 valence electrons. The summed E-state index contributed by atoms with van der Waals surface area (Å²) in [4.78, 5) is 14.9. The smallest absolute Gasteiger partial charge is 0.196 e. The highest BCUT2D eigenvalue weighted by Crippen LogP contribution is 2.10. The summed E-state index contributed by atoms with van der Waals surface area (Å²) < 4.78 is 5.16. The topological polar surface area (TPSA) is 43.1 Å². The van der Waals surface area contributed by atoms with Gasteiger partial charge in [-0.2, -0.15) is 0 Å². The van der Waals surface area contributed by atoms with Gasteiger partial charge in [-0.3, -0.25) is 4.79 Å². The Hall–Kier alpha value is -1.12. The first-order chi connectivity index (χ1) is 5.15. The molecule has 0 aliphatic rings. The molecule has 0 fully saturated rings. The van der Waals surface area contributed by atoms with E-state index in [1.807, 2.05) is 6.92 Å². The van der Waals surface area contributed by atoms with Crippen LogP contribution in [0.4, 0.5) is 0 Å². The summed E-state index contributed by atoms with van der Waals surface area (Å²) in [6.45, 7) is 5.20. The molecule has 0 aliphatic carbocycles. The summed E-state index contributed by atoms with van der Waals surface area (Å²) in [5.74, 6) is 0.962. The molecule has 0 aliphatic heterocycles. The van der Waals surface area contributed by atoms with Crippen LogP contribution in [0.25, 0.3) is 0 Å². The van der Waals surface area contributed by atoms with Crippen LogP contribution in [-0.2, 0) is 6.42 Å². The number of carbonyl (C=O) groups is 1. The van der Waals surface area contributed by atoms with Crippen LogP contribution in [0, 0.1) is 6.92 Å². The highest BCUT2D eigenvalue weighted by molar-refractivity contribution is 5.92. The molecule has 3 heteroatoms. The maximum Gasteiger partial charge on any atom is 0.196 e. The standard InChI is InChI=1S/C8H11NO2/c1-4-7-9-5(2)8(11-7)6(3)10/h4H2,1-3H3. The van der Waals surface area contributed by atoms with Crippen molar-refractivity contribution in [2.24, 2.45) is 0 Å². The zero-order valence-corrected chi connectivity index (χ0v) is 6.97. The van der Waals surface area contributed by atoms with Crippen molar-refractivity contribution in [3.8, 4) is 0 Å². The average Bonchev–Trinajstić information content (AvgIpc) is 2.30. The lowest BCUT2D eigenvalue weighted by Gasteiger charge is -1.86. The van der Waals surface area contributed by atoms with Crippen molar-refractivity contribution >= 4 is 5.78 Å². The van der Waals surface area contributed by atoms with E-state index in [-0.39, 0.29) is 5.78 Å². The fourth-order valence-corrected chi connectivity index (χ4v) is 0.930. The van der Waals surface area contributed by atoms with Crippen molar-refractivity contribution in [3.63, 3.8) is 0 Å². The number of rotatable bonds is 2. The summed E-state index contributed by atoms with van der Waals surface area (Å²) in [5.41, 5.74) is 0.689. The Morgan fingerprint density at radius 3 is 2.55 bits per heavy atom. The number of ketones is 1. The molecular weight excluding hydrogens is 142 g/mol. The first-order valence-electron chi connectivity index (χ1n) is 3.62. The van der Waals surface area contributed by atoms with Gasteiger partial charge in [-0.25, -0.2) is 4.98 Å². The third-order valence-electron chi connectivity index (χ3n) is 1.46. The van der Waals surface area contributed by atoms with Crippen molar-refractivity contribution in [2.75, 3.05) is 0 Å². The number of hydrogen-bond acceptors (Lipinski definition) is 3. The number of carbonyl (C=O) groups excluding carboxylic acids is 1. The van der Waals surface area contributed by atoms with Crippen LogP contribution in [0.5, 0.6) is 0 Å². The summed E-state index contributed by atoms with van der Waals surface area (Å²) in [7, 11) is 0. The van der Waals surface area contributed by atoms with Crippen molar-refractivity contribution < 1.29 is 9.21 Å². The molecule has 0 saturated carbocycles. The fraction of sp³-hybridized carbons (Fsp3) is 0.500. The van der Waals surface area contributed by atoms with E-state index in [0.717, 1.165) is 6.42 Å². The maximum absolute atomic E-state index is 10.9. The lowest BCUT2D eigenvalue weighted by atomic mass is 10.3. The van der Waals surface area contributed by atoms with Gasteiger partial charge >= 0.3 is 0 Å². The van der Waals surface area contributed by atoms with Crippen LogP contribution in [0.15, 0.2) is 4.42 Å². The Balaban J connectivity index is 3.07. The summed E-state index contributed by atoms with van der Waals surface area (Å²) in [5, 5.41) is 0. The lowest BCUT2D eigenvalue weighted by molar-refractivity contribution is 0.0985. The molecule has 0 aromatic carbocycles. The quantitative estimate of drug-likeness (QED) is 0.608. The van der Waals surface area contributed by atoms with E-state index in [4.69, 9.17) is 4.42 Å². The highest BCUT2D eigenvalue weighted by Gasteiger charge is 2.11. The van der Waals surface area contributed by atoms with Gasteiger partial charge in [0.1, 0.15) is 0 Å². The van der Waals surface area contributed by atoms with Crippen molar-refractivity contribution in [1.82, 2.24) is 4.98 Å². The molecule has 1 aromatic rings. The molecule has 1 aromatic heterocycles. The van der Waals surface area contributed by atoms with Crippen LogP contribution in [0.1, 0.15) is 36.0 Å². The Bertz CT molecular complexity index is 276. The molecule has 0 spiro atoms. The van der Waals surface area contributed by atoms with E-state index in [1.165, 1.54) is 6.92 Å². The van der Waals surface area contributed by atoms with Crippen molar-refractivity contribution in [3.05, 3.63) is 17.3 Å². The molecular formula is C8H11NO2. The Morgan fingerprint density at radius 2 is 2.27 bits per heavy atom. The van der Waals surface area contributed by atoms with Gasteiger partial charge in [0, 0.05) is 13.3 Å². The van der Waals surface area contributed by atoms with Gasteiger partial charge in [0.15, 0.2) is 17.4 Å². The number of Topliss-reactive ketones (excluding diaryl/α,β-unsaturated/α-hetero) is 1. The molecule has 0 bridgehead atoms. The SMILES string of the molecule is CCc1nc(C)c(C(C)=O)o1. The molecule has 0 N–H and O–H groups in total. The lowest BCUT2D eigenvalue weighted by Crippen LogP contribution is -1.90. The monoisotopic (exact) mass is 153 g/mol. The highest BCUT2D eigenvalue weighted by atomic mass is 16.4. The van der Waals surface area contributed by atoms with Gasteiger partial charge in [-0.15, -0.1) is 0 Å². The second-order valence-corrected chi connectivity index (χ2v) is 2.43. The van der Waals surface area contributed by atoms with Crippen LogP contribution in [0.2, 0.25) is 0 Å². The first-order valence-corrected chi connectivity index (χ1v) is 3.62. The van der Waals surface area contributed by atoms with E-state index >= 15 is 0 Å². The molecule has 11 heavy (non-hydrogen) atoms. The van der Waals surface area contributed by atoms with Gasteiger partial charge in [-0.05, 0) is 6.92 Å². The second-order valence-electron chi connectivity index (χ2n) is 2.43. The van der Waals surface area contributed by atoms with E-state index in [0.29, 0.717) is 17.3 Å². The fourth-order valence-electron chi connectivity index (χ4n) is 0.930. The Kier molecular flexibility index (Phi) is 2.08. The van der Waals surface area contributed by atoms with Crippen LogP contribution in [-0.4, -0.2) is 10.8 Å². The predicted octanol–water partition coefficient (Wildman–Crippen LogP) is 1.75. The molecule has 1 heterocycles. The van der Waals surface area contributed by atoms with Crippen LogP contribution >= 0.6 is 0 Å². The zero-order valence-electron chi connectivity index (χ0n) is 6.97. The maximum atomic E-state index is 10.9.